The first-order valence-corrected chi connectivity index (χ1v) is 9.38. The van der Waals surface area contributed by atoms with Gasteiger partial charge in [0, 0.05) is 23.1 Å². The van der Waals surface area contributed by atoms with Crippen LogP contribution in [0.25, 0.3) is 10.8 Å². The van der Waals surface area contributed by atoms with Crippen LogP contribution in [0.2, 0.25) is 0 Å². The molecule has 1 heterocycles. The van der Waals surface area contributed by atoms with Crippen molar-refractivity contribution < 1.29 is 4.42 Å². The molecule has 0 spiro atoms. The molecule has 0 aliphatic heterocycles. The predicted molar refractivity (Wildman–Crippen MR) is 108 cm³/mol. The van der Waals surface area contributed by atoms with Gasteiger partial charge in [-0.3, -0.25) is 10.3 Å². The molecular weight excluding hydrogens is 346 g/mol. The molecule has 0 atom stereocenters. The van der Waals surface area contributed by atoms with Gasteiger partial charge in [0.25, 0.3) is 0 Å². The Hall–Kier alpha value is -2.61. The highest BCUT2D eigenvalue weighted by Crippen LogP contribution is 2.26. The van der Waals surface area contributed by atoms with Gasteiger partial charge in [0.1, 0.15) is 5.76 Å². The summed E-state index contributed by atoms with van der Waals surface area (Å²) in [7, 11) is 4.12. The van der Waals surface area contributed by atoms with Gasteiger partial charge < -0.3 is 14.6 Å². The maximum atomic E-state index is 8.69. The van der Waals surface area contributed by atoms with Crippen LogP contribution in [-0.4, -0.2) is 43.8 Å². The molecule has 0 saturated heterocycles. The van der Waals surface area contributed by atoms with Gasteiger partial charge in [-0.15, -0.1) is 6.42 Å². The molecule has 1 aromatic heterocycles. The van der Waals surface area contributed by atoms with E-state index in [0.29, 0.717) is 19.0 Å². The number of aliphatic imine (C=N–C) groups is 1. The summed E-state index contributed by atoms with van der Waals surface area (Å²) in [5, 5.41) is 16.3. The maximum absolute atomic E-state index is 8.69. The fourth-order valence-electron chi connectivity index (χ4n) is 2.44. The Labute approximate surface area is 158 Å². The third-order valence-electron chi connectivity index (χ3n) is 3.52. The number of nitriles is 1. The highest BCUT2D eigenvalue weighted by molar-refractivity contribution is 7.98. The van der Waals surface area contributed by atoms with Crippen molar-refractivity contribution >= 4 is 28.5 Å². The highest BCUT2D eigenvalue weighted by atomic mass is 32.2. The minimum atomic E-state index is 0.328. The molecule has 2 aromatic rings. The molecule has 0 aliphatic rings. The van der Waals surface area contributed by atoms with Crippen LogP contribution in [0.4, 0.5) is 0 Å². The lowest BCUT2D eigenvalue weighted by Gasteiger charge is -2.09. The van der Waals surface area contributed by atoms with E-state index in [1.807, 2.05) is 12.5 Å². The van der Waals surface area contributed by atoms with E-state index >= 15 is 0 Å². The molecule has 0 radical (unpaired) electrons. The van der Waals surface area contributed by atoms with Gasteiger partial charge in [0.2, 0.25) is 5.96 Å². The van der Waals surface area contributed by atoms with E-state index in [1.165, 1.54) is 10.9 Å². The fourth-order valence-corrected chi connectivity index (χ4v) is 3.21. The van der Waals surface area contributed by atoms with E-state index in [2.05, 4.69) is 58.7 Å². The third kappa shape index (κ3) is 6.03. The van der Waals surface area contributed by atoms with Crippen LogP contribution in [0.3, 0.4) is 0 Å². The van der Waals surface area contributed by atoms with Crippen molar-refractivity contribution in [2.75, 3.05) is 32.9 Å². The molecule has 0 fully saturated rings. The van der Waals surface area contributed by atoms with Crippen LogP contribution >= 0.6 is 11.8 Å². The minimum Gasteiger partial charge on any atom is -0.467 e. The highest BCUT2D eigenvalue weighted by Gasteiger charge is 2.08. The summed E-state index contributed by atoms with van der Waals surface area (Å²) in [5.41, 5.74) is 1.27. The molecule has 2 rings (SSSR count). The summed E-state index contributed by atoms with van der Waals surface area (Å²) < 4.78 is 5.73. The van der Waals surface area contributed by atoms with Gasteiger partial charge in [0.05, 0.1) is 25.1 Å². The number of fused-ring (bicyclic) bond motifs is 1. The maximum Gasteiger partial charge on any atom is 0.205 e. The van der Waals surface area contributed by atoms with Crippen molar-refractivity contribution in [1.82, 2.24) is 15.5 Å². The molecule has 0 saturated carbocycles. The molecule has 0 bridgehead atoms. The smallest absolute Gasteiger partial charge is 0.205 e. The van der Waals surface area contributed by atoms with Crippen molar-refractivity contribution in [2.45, 2.75) is 12.3 Å². The molecule has 0 amide bonds. The summed E-state index contributed by atoms with van der Waals surface area (Å²) in [6, 6.07) is 6.44. The second-order valence-electron chi connectivity index (χ2n) is 5.90. The lowest BCUT2D eigenvalue weighted by atomic mass is 10.1. The van der Waals surface area contributed by atoms with Crippen molar-refractivity contribution in [3.8, 4) is 18.5 Å². The summed E-state index contributed by atoms with van der Waals surface area (Å²) in [5.74, 6) is 5.43. The molecule has 26 heavy (non-hydrogen) atoms. The second kappa shape index (κ2) is 10.4. The molecular formula is C19H23N5OS. The number of nitrogens with zero attached hydrogens (tertiary/aromatic N) is 3. The number of furan rings is 1. The quantitative estimate of drug-likeness (QED) is 0.186. The second-order valence-corrected chi connectivity index (χ2v) is 7.00. The summed E-state index contributed by atoms with van der Waals surface area (Å²) in [6.07, 6.45) is 8.84. The number of nitrogens with one attached hydrogen (secondary N) is 2. The number of hydrogen-bond donors (Lipinski definition) is 2. The Morgan fingerprint density at radius 2 is 2.27 bits per heavy atom. The molecule has 0 unspecified atom stereocenters. The van der Waals surface area contributed by atoms with Crippen LogP contribution in [0.5, 0.6) is 0 Å². The fraction of sp³-hybridized carbons (Fsp3) is 0.368. The van der Waals surface area contributed by atoms with Gasteiger partial charge in [-0.05, 0) is 25.7 Å². The molecule has 7 heteroatoms. The van der Waals surface area contributed by atoms with Gasteiger partial charge in [-0.25, -0.2) is 0 Å². The zero-order chi connectivity index (χ0) is 18.8. The topological polar surface area (TPSA) is 76.6 Å². The van der Waals surface area contributed by atoms with E-state index in [0.717, 1.165) is 29.2 Å². The number of hydrogen-bond acceptors (Lipinski definition) is 5. The Bertz CT molecular complexity index is 829. The van der Waals surface area contributed by atoms with Crippen LogP contribution in [-0.2, 0) is 12.3 Å². The van der Waals surface area contributed by atoms with Crippen molar-refractivity contribution in [3.05, 3.63) is 35.8 Å². The monoisotopic (exact) mass is 369 g/mol. The van der Waals surface area contributed by atoms with Crippen LogP contribution in [0, 0.1) is 23.8 Å². The SMILES string of the molecule is C#CCNC(=NCCSCc1occ2ccc(CN(C)C)cc12)NC#N. The minimum absolute atomic E-state index is 0.328. The zero-order valence-electron chi connectivity index (χ0n) is 15.1. The van der Waals surface area contributed by atoms with Crippen molar-refractivity contribution in [1.29, 1.82) is 5.26 Å². The van der Waals surface area contributed by atoms with Gasteiger partial charge >= 0.3 is 0 Å². The molecule has 2 N–H and O–H groups in total. The van der Waals surface area contributed by atoms with E-state index in [-0.39, 0.29) is 0 Å². The number of benzene rings is 1. The van der Waals surface area contributed by atoms with Crippen LogP contribution in [0.15, 0.2) is 33.9 Å². The van der Waals surface area contributed by atoms with Crippen LogP contribution < -0.4 is 10.6 Å². The Balaban J connectivity index is 1.89. The van der Waals surface area contributed by atoms with Crippen molar-refractivity contribution in [3.63, 3.8) is 0 Å². The Morgan fingerprint density at radius 3 is 3.00 bits per heavy atom. The third-order valence-corrected chi connectivity index (χ3v) is 4.45. The first-order chi connectivity index (χ1) is 12.6. The normalized spacial score (nSPS) is 11.3. The van der Waals surface area contributed by atoms with E-state index in [4.69, 9.17) is 16.1 Å². The molecule has 136 valence electrons. The Kier molecular flexibility index (Phi) is 7.88. The zero-order valence-corrected chi connectivity index (χ0v) is 15.9. The number of terminal acetylenes is 1. The van der Waals surface area contributed by atoms with Gasteiger partial charge in [-0.1, -0.05) is 18.1 Å². The van der Waals surface area contributed by atoms with Gasteiger partial charge in [-0.2, -0.15) is 17.0 Å². The van der Waals surface area contributed by atoms with E-state index < -0.39 is 0 Å². The first-order valence-electron chi connectivity index (χ1n) is 8.22. The van der Waals surface area contributed by atoms with Crippen LogP contribution in [0.1, 0.15) is 11.3 Å². The van der Waals surface area contributed by atoms with E-state index in [1.54, 1.807) is 11.8 Å². The lowest BCUT2D eigenvalue weighted by molar-refractivity contribution is 0.403. The summed E-state index contributed by atoms with van der Waals surface area (Å²) in [6.45, 7) is 1.81. The largest absolute Gasteiger partial charge is 0.467 e. The number of rotatable bonds is 8. The lowest BCUT2D eigenvalue weighted by Crippen LogP contribution is -2.34. The molecule has 6 nitrogen and oxygen atoms in total. The first kappa shape index (κ1) is 19.7. The number of guanidine groups is 1. The van der Waals surface area contributed by atoms with Crippen molar-refractivity contribution in [2.24, 2.45) is 4.99 Å². The average Bonchev–Trinajstić information content (AvgIpc) is 3.01. The molecule has 1 aromatic carbocycles. The average molecular weight is 369 g/mol. The standard InChI is InChI=1S/C19H23N5OS/c1-4-7-21-19(23-14-20)22-8-9-26-13-18-17-10-15(11-24(2)3)5-6-16(17)12-25-18/h1,5-6,10,12H,7-9,11,13H2,2-3H3,(H2,21,22,23). The summed E-state index contributed by atoms with van der Waals surface area (Å²) in [4.78, 5) is 6.45. The number of thioether (sulfide) groups is 1. The molecule has 0 aliphatic carbocycles. The Morgan fingerprint density at radius 1 is 1.42 bits per heavy atom. The predicted octanol–water partition coefficient (Wildman–Crippen LogP) is 2.38. The summed E-state index contributed by atoms with van der Waals surface area (Å²) >= 11 is 1.74. The van der Waals surface area contributed by atoms with Gasteiger partial charge in [0.15, 0.2) is 6.19 Å². The van der Waals surface area contributed by atoms with E-state index in [9.17, 15) is 0 Å².